The molecule has 1 amide bonds. The van der Waals surface area contributed by atoms with Crippen molar-refractivity contribution in [2.75, 3.05) is 6.54 Å². The average Bonchev–Trinajstić information content (AvgIpc) is 3.33. The molecule has 154 valence electrons. The van der Waals surface area contributed by atoms with Crippen LogP contribution in [0.15, 0.2) is 40.1 Å². The zero-order valence-corrected chi connectivity index (χ0v) is 18.0. The molecule has 0 aliphatic rings. The van der Waals surface area contributed by atoms with Gasteiger partial charge in [-0.3, -0.25) is 9.36 Å². The summed E-state index contributed by atoms with van der Waals surface area (Å²) in [6, 6.07) is 8.21. The number of thioether (sulfide) groups is 1. The van der Waals surface area contributed by atoms with Crippen molar-refractivity contribution in [1.29, 1.82) is 0 Å². The fraction of sp³-hybridized carbons (Fsp3) is 0.429. The van der Waals surface area contributed by atoms with Gasteiger partial charge in [-0.25, -0.2) is 4.98 Å². The van der Waals surface area contributed by atoms with Crippen molar-refractivity contribution in [1.82, 2.24) is 25.1 Å². The van der Waals surface area contributed by atoms with E-state index in [0.717, 1.165) is 29.5 Å². The molecule has 2 aromatic heterocycles. The van der Waals surface area contributed by atoms with Gasteiger partial charge in [0, 0.05) is 12.2 Å². The number of amides is 1. The van der Waals surface area contributed by atoms with Gasteiger partial charge in [0.2, 0.25) is 5.89 Å². The molecular weight excluding hydrogens is 386 g/mol. The third kappa shape index (κ3) is 5.69. The Morgan fingerprint density at radius 1 is 1.14 bits per heavy atom. The minimum absolute atomic E-state index is 0.194. The normalized spacial score (nSPS) is 11.0. The molecular formula is C21H27N5O2S. The van der Waals surface area contributed by atoms with E-state index in [1.54, 1.807) is 0 Å². The monoisotopic (exact) mass is 413 g/mol. The van der Waals surface area contributed by atoms with E-state index in [1.807, 2.05) is 23.6 Å². The first-order chi connectivity index (χ1) is 14.1. The minimum Gasteiger partial charge on any atom is -0.447 e. The summed E-state index contributed by atoms with van der Waals surface area (Å²) in [5, 5.41) is 12.1. The average molecular weight is 414 g/mol. The van der Waals surface area contributed by atoms with E-state index in [2.05, 4.69) is 46.5 Å². The Labute approximate surface area is 175 Å². The quantitative estimate of drug-likeness (QED) is 0.390. The van der Waals surface area contributed by atoms with Crippen LogP contribution < -0.4 is 5.32 Å². The molecule has 0 saturated carbocycles. The van der Waals surface area contributed by atoms with Crippen LogP contribution in [0.5, 0.6) is 0 Å². The molecule has 1 aromatic carbocycles. The van der Waals surface area contributed by atoms with Gasteiger partial charge in [-0.1, -0.05) is 55.6 Å². The number of rotatable bonds is 10. The van der Waals surface area contributed by atoms with Crippen molar-refractivity contribution in [2.45, 2.75) is 57.4 Å². The summed E-state index contributed by atoms with van der Waals surface area (Å²) in [4.78, 5) is 16.5. The number of carbonyl (C=O) groups excluding carboxylic acids is 1. The Balaban J connectivity index is 1.58. The molecule has 3 aromatic rings. The summed E-state index contributed by atoms with van der Waals surface area (Å²) < 4.78 is 7.47. The Morgan fingerprint density at radius 3 is 2.69 bits per heavy atom. The maximum absolute atomic E-state index is 12.2. The first kappa shape index (κ1) is 21.1. The second-order valence-corrected chi connectivity index (χ2v) is 7.87. The van der Waals surface area contributed by atoms with Crippen LogP contribution in [0.2, 0.25) is 0 Å². The van der Waals surface area contributed by atoms with E-state index < -0.39 is 0 Å². The summed E-state index contributed by atoms with van der Waals surface area (Å²) in [7, 11) is 0. The molecule has 29 heavy (non-hydrogen) atoms. The van der Waals surface area contributed by atoms with Crippen LogP contribution in [0.4, 0.5) is 0 Å². The van der Waals surface area contributed by atoms with E-state index in [0.29, 0.717) is 23.9 Å². The molecule has 0 bridgehead atoms. The number of carbonyl (C=O) groups is 1. The molecule has 0 saturated heterocycles. The molecule has 2 heterocycles. The van der Waals surface area contributed by atoms with Crippen LogP contribution in [-0.2, 0) is 5.75 Å². The number of oxazole rings is 1. The summed E-state index contributed by atoms with van der Waals surface area (Å²) >= 11 is 1.47. The third-order valence-corrected chi connectivity index (χ3v) is 5.43. The predicted molar refractivity (Wildman–Crippen MR) is 113 cm³/mol. The molecule has 0 fully saturated rings. The van der Waals surface area contributed by atoms with Crippen molar-refractivity contribution < 1.29 is 9.21 Å². The Hall–Kier alpha value is -2.61. The van der Waals surface area contributed by atoms with Gasteiger partial charge in [0.15, 0.2) is 10.9 Å². The van der Waals surface area contributed by atoms with Crippen LogP contribution >= 0.6 is 11.8 Å². The van der Waals surface area contributed by atoms with Crippen LogP contribution in [0, 0.1) is 13.8 Å². The number of nitrogens with one attached hydrogen (secondary N) is 1. The number of hydrogen-bond donors (Lipinski definition) is 1. The lowest BCUT2D eigenvalue weighted by Gasteiger charge is -2.08. The van der Waals surface area contributed by atoms with Crippen molar-refractivity contribution >= 4 is 17.7 Å². The number of nitrogens with zero attached hydrogens (tertiary/aromatic N) is 4. The van der Waals surface area contributed by atoms with E-state index in [1.165, 1.54) is 36.4 Å². The highest BCUT2D eigenvalue weighted by Crippen LogP contribution is 2.25. The lowest BCUT2D eigenvalue weighted by atomic mass is 10.2. The number of hydrogen-bond acceptors (Lipinski definition) is 6. The summed E-state index contributed by atoms with van der Waals surface area (Å²) in [6.45, 7) is 6.80. The highest BCUT2D eigenvalue weighted by atomic mass is 32.2. The van der Waals surface area contributed by atoms with Crippen LogP contribution in [0.3, 0.4) is 0 Å². The van der Waals surface area contributed by atoms with Gasteiger partial charge < -0.3 is 9.73 Å². The SMILES string of the molecule is CCCCCCNC(=O)c1coc(CSc2nnc(C)n2-c2ccc(C)cc2)n1. The second-order valence-electron chi connectivity index (χ2n) is 6.93. The van der Waals surface area contributed by atoms with Gasteiger partial charge >= 0.3 is 0 Å². The number of aryl methyl sites for hydroxylation is 2. The maximum Gasteiger partial charge on any atom is 0.273 e. The van der Waals surface area contributed by atoms with E-state index in [4.69, 9.17) is 4.42 Å². The molecule has 7 nitrogen and oxygen atoms in total. The smallest absolute Gasteiger partial charge is 0.273 e. The molecule has 0 unspecified atom stereocenters. The van der Waals surface area contributed by atoms with Gasteiger partial charge in [-0.05, 0) is 32.4 Å². The topological polar surface area (TPSA) is 85.8 Å². The van der Waals surface area contributed by atoms with E-state index in [9.17, 15) is 4.79 Å². The lowest BCUT2D eigenvalue weighted by Crippen LogP contribution is -2.24. The fourth-order valence-corrected chi connectivity index (χ4v) is 3.73. The predicted octanol–water partition coefficient (Wildman–Crippen LogP) is 4.47. The molecule has 1 N–H and O–H groups in total. The molecule has 3 rings (SSSR count). The van der Waals surface area contributed by atoms with Gasteiger partial charge in [-0.15, -0.1) is 10.2 Å². The highest BCUT2D eigenvalue weighted by Gasteiger charge is 2.15. The summed E-state index contributed by atoms with van der Waals surface area (Å²) in [5.41, 5.74) is 2.52. The second kappa shape index (κ2) is 10.2. The summed E-state index contributed by atoms with van der Waals surface area (Å²) in [6.07, 6.45) is 5.88. The number of unbranched alkanes of at least 4 members (excludes halogenated alkanes) is 3. The van der Waals surface area contributed by atoms with Gasteiger partial charge in [0.25, 0.3) is 5.91 Å². The fourth-order valence-electron chi connectivity index (χ4n) is 2.88. The number of aromatic nitrogens is 4. The molecule has 0 atom stereocenters. The van der Waals surface area contributed by atoms with E-state index >= 15 is 0 Å². The summed E-state index contributed by atoms with van der Waals surface area (Å²) in [5.74, 6) is 1.57. The van der Waals surface area contributed by atoms with Crippen molar-refractivity contribution in [3.8, 4) is 5.69 Å². The molecule has 0 spiro atoms. The zero-order chi connectivity index (χ0) is 20.6. The Morgan fingerprint density at radius 2 is 1.93 bits per heavy atom. The molecule has 8 heteroatoms. The lowest BCUT2D eigenvalue weighted by molar-refractivity contribution is 0.0948. The largest absolute Gasteiger partial charge is 0.447 e. The Bertz CT molecular complexity index is 933. The standard InChI is InChI=1S/C21H27N5O2S/c1-4-5-6-7-12-22-20(27)18-13-28-19(23-18)14-29-21-25-24-16(3)26(21)17-10-8-15(2)9-11-17/h8-11,13H,4-7,12,14H2,1-3H3,(H,22,27). The first-order valence-corrected chi connectivity index (χ1v) is 10.9. The van der Waals surface area contributed by atoms with Gasteiger partial charge in [0.05, 0.1) is 5.75 Å². The van der Waals surface area contributed by atoms with Gasteiger partial charge in [0.1, 0.15) is 12.1 Å². The maximum atomic E-state index is 12.2. The highest BCUT2D eigenvalue weighted by molar-refractivity contribution is 7.98. The molecule has 0 aliphatic carbocycles. The Kier molecular flexibility index (Phi) is 7.46. The number of benzene rings is 1. The molecule has 0 aliphatic heterocycles. The minimum atomic E-state index is -0.194. The van der Waals surface area contributed by atoms with Crippen LogP contribution in [0.25, 0.3) is 5.69 Å². The van der Waals surface area contributed by atoms with Crippen molar-refractivity contribution in [3.05, 3.63) is 53.5 Å². The van der Waals surface area contributed by atoms with Crippen LogP contribution in [-0.4, -0.2) is 32.2 Å². The van der Waals surface area contributed by atoms with Crippen molar-refractivity contribution in [2.24, 2.45) is 0 Å². The zero-order valence-electron chi connectivity index (χ0n) is 17.1. The van der Waals surface area contributed by atoms with E-state index in [-0.39, 0.29) is 5.91 Å². The van der Waals surface area contributed by atoms with Crippen molar-refractivity contribution in [3.63, 3.8) is 0 Å². The first-order valence-electron chi connectivity index (χ1n) is 9.93. The third-order valence-electron chi connectivity index (χ3n) is 4.51. The van der Waals surface area contributed by atoms with Gasteiger partial charge in [-0.2, -0.15) is 0 Å². The van der Waals surface area contributed by atoms with Crippen LogP contribution in [0.1, 0.15) is 60.4 Å². The molecule has 0 radical (unpaired) electrons.